The number of likely N-dealkylation sites (tertiary alicyclic amines) is 1. The van der Waals surface area contributed by atoms with Crippen LogP contribution in [0.15, 0.2) is 91.3 Å². The van der Waals surface area contributed by atoms with E-state index in [0.29, 0.717) is 11.6 Å². The van der Waals surface area contributed by atoms with E-state index in [1.165, 1.54) is 12.7 Å². The number of fused-ring (bicyclic) bond motifs is 1. The third-order valence-corrected chi connectivity index (χ3v) is 7.92. The van der Waals surface area contributed by atoms with E-state index in [1.807, 2.05) is 54.7 Å². The molecule has 0 aliphatic carbocycles. The van der Waals surface area contributed by atoms with Crippen molar-refractivity contribution in [3.63, 3.8) is 0 Å². The number of methoxy groups -OCH3 is 1. The van der Waals surface area contributed by atoms with Crippen LogP contribution in [0.4, 0.5) is 0 Å². The van der Waals surface area contributed by atoms with E-state index >= 15 is 0 Å². The molecule has 0 radical (unpaired) electrons. The molecule has 214 valence electrons. The number of aromatic amines is 1. The SMILES string of the molecule is COC(=O)c1cc2nc(-c3ccc(CN4CCC(c5n[nH]c(-c6ccccn6)n5)CC4)cc3)c(-c3ccccc3)cn2n1. The molecular formula is C33H30N8O2. The number of hydrogen-bond acceptors (Lipinski definition) is 8. The van der Waals surface area contributed by atoms with E-state index in [9.17, 15) is 4.79 Å². The van der Waals surface area contributed by atoms with Crippen molar-refractivity contribution in [2.24, 2.45) is 0 Å². The second kappa shape index (κ2) is 11.6. The molecule has 6 aromatic rings. The predicted octanol–water partition coefficient (Wildman–Crippen LogP) is 5.41. The van der Waals surface area contributed by atoms with Gasteiger partial charge in [0, 0.05) is 42.0 Å². The molecule has 4 aromatic heterocycles. The van der Waals surface area contributed by atoms with Crippen LogP contribution < -0.4 is 0 Å². The maximum absolute atomic E-state index is 12.1. The third kappa shape index (κ3) is 5.52. The van der Waals surface area contributed by atoms with Gasteiger partial charge in [0.05, 0.1) is 12.8 Å². The molecule has 0 saturated carbocycles. The largest absolute Gasteiger partial charge is 0.464 e. The van der Waals surface area contributed by atoms with Crippen LogP contribution >= 0.6 is 0 Å². The summed E-state index contributed by atoms with van der Waals surface area (Å²) in [5.74, 6) is 1.45. The quantitative estimate of drug-likeness (QED) is 0.254. The van der Waals surface area contributed by atoms with Gasteiger partial charge >= 0.3 is 5.97 Å². The summed E-state index contributed by atoms with van der Waals surface area (Å²) < 4.78 is 6.49. The summed E-state index contributed by atoms with van der Waals surface area (Å²) in [7, 11) is 1.35. The number of carbonyl (C=O) groups excluding carboxylic acids is 1. The van der Waals surface area contributed by atoms with E-state index in [-0.39, 0.29) is 5.69 Å². The summed E-state index contributed by atoms with van der Waals surface area (Å²) in [6.07, 6.45) is 5.72. The molecule has 0 atom stereocenters. The van der Waals surface area contributed by atoms with Crippen molar-refractivity contribution in [1.82, 2.24) is 39.7 Å². The molecular weight excluding hydrogens is 540 g/mol. The molecule has 1 saturated heterocycles. The maximum atomic E-state index is 12.1. The number of carbonyl (C=O) groups is 1. The number of benzene rings is 2. The fourth-order valence-corrected chi connectivity index (χ4v) is 5.62. The summed E-state index contributed by atoms with van der Waals surface area (Å²) in [4.78, 5) is 28.6. The highest BCUT2D eigenvalue weighted by Gasteiger charge is 2.24. The van der Waals surface area contributed by atoms with Gasteiger partial charge in [-0.1, -0.05) is 60.7 Å². The van der Waals surface area contributed by atoms with Crippen molar-refractivity contribution >= 4 is 11.6 Å². The first-order valence-electron chi connectivity index (χ1n) is 14.3. The summed E-state index contributed by atoms with van der Waals surface area (Å²) in [5.41, 5.74) is 6.65. The van der Waals surface area contributed by atoms with E-state index < -0.39 is 5.97 Å². The molecule has 1 aliphatic heterocycles. The van der Waals surface area contributed by atoms with Gasteiger partial charge in [-0.2, -0.15) is 10.2 Å². The highest BCUT2D eigenvalue weighted by molar-refractivity contribution is 5.89. The van der Waals surface area contributed by atoms with Gasteiger partial charge in [-0.25, -0.2) is 19.3 Å². The van der Waals surface area contributed by atoms with Crippen molar-refractivity contribution in [2.45, 2.75) is 25.3 Å². The van der Waals surface area contributed by atoms with Crippen molar-refractivity contribution in [2.75, 3.05) is 20.2 Å². The molecule has 7 rings (SSSR count). The second-order valence-electron chi connectivity index (χ2n) is 10.7. The monoisotopic (exact) mass is 570 g/mol. The van der Waals surface area contributed by atoms with Crippen LogP contribution in [0.2, 0.25) is 0 Å². The number of rotatable bonds is 7. The molecule has 0 bridgehead atoms. The normalized spacial score (nSPS) is 14.3. The van der Waals surface area contributed by atoms with Gasteiger partial charge in [0.1, 0.15) is 5.69 Å². The van der Waals surface area contributed by atoms with Gasteiger partial charge in [-0.3, -0.25) is 15.0 Å². The Kier molecular flexibility index (Phi) is 7.18. The number of piperidine rings is 1. The Balaban J connectivity index is 1.06. The molecule has 5 heterocycles. The molecule has 0 amide bonds. The summed E-state index contributed by atoms with van der Waals surface area (Å²) in [6.45, 7) is 2.85. The summed E-state index contributed by atoms with van der Waals surface area (Å²) in [6, 6.07) is 26.1. The number of ether oxygens (including phenoxy) is 1. The lowest BCUT2D eigenvalue weighted by molar-refractivity contribution is 0.0593. The molecule has 1 aliphatic rings. The molecule has 10 heteroatoms. The Bertz CT molecular complexity index is 1860. The smallest absolute Gasteiger partial charge is 0.358 e. The Morgan fingerprint density at radius 1 is 0.953 bits per heavy atom. The van der Waals surface area contributed by atoms with E-state index in [4.69, 9.17) is 14.7 Å². The Morgan fingerprint density at radius 2 is 1.74 bits per heavy atom. The third-order valence-electron chi connectivity index (χ3n) is 7.92. The number of pyridine rings is 1. The standard InChI is InChI=1S/C33H30N8O2/c1-43-33(42)28-19-29-35-30(26(21-41(29)39-28)23-7-3-2-4-8-23)24-12-10-22(11-13-24)20-40-17-14-25(15-18-40)31-36-32(38-37-31)27-9-5-6-16-34-27/h2-13,16,19,21,25H,14-15,17-18,20H2,1H3,(H,36,37,38). The molecule has 1 N–H and O–H groups in total. The van der Waals surface area contributed by atoms with Crippen LogP contribution in [0.3, 0.4) is 0 Å². The molecule has 0 unspecified atom stereocenters. The number of esters is 1. The van der Waals surface area contributed by atoms with E-state index in [2.05, 4.69) is 49.4 Å². The fraction of sp³-hybridized carbons (Fsp3) is 0.212. The fourth-order valence-electron chi connectivity index (χ4n) is 5.62. The van der Waals surface area contributed by atoms with Crippen LogP contribution in [0.1, 0.15) is 40.6 Å². The van der Waals surface area contributed by atoms with Gasteiger partial charge in [0.25, 0.3) is 0 Å². The lowest BCUT2D eigenvalue weighted by Gasteiger charge is -2.30. The van der Waals surface area contributed by atoms with E-state index in [1.54, 1.807) is 16.8 Å². The maximum Gasteiger partial charge on any atom is 0.358 e. The number of nitrogens with zero attached hydrogens (tertiary/aromatic N) is 7. The van der Waals surface area contributed by atoms with Crippen LogP contribution in [0, 0.1) is 0 Å². The number of aromatic nitrogens is 7. The van der Waals surface area contributed by atoms with Crippen LogP contribution in [0.5, 0.6) is 0 Å². The average Bonchev–Trinajstić information content (AvgIpc) is 3.73. The molecule has 2 aromatic carbocycles. The highest BCUT2D eigenvalue weighted by Crippen LogP contribution is 2.32. The van der Waals surface area contributed by atoms with Gasteiger partial charge in [-0.15, -0.1) is 0 Å². The molecule has 43 heavy (non-hydrogen) atoms. The lowest BCUT2D eigenvalue weighted by Crippen LogP contribution is -2.32. The van der Waals surface area contributed by atoms with Gasteiger partial charge in [0.2, 0.25) is 0 Å². The zero-order valence-corrected chi connectivity index (χ0v) is 23.7. The van der Waals surface area contributed by atoms with Gasteiger partial charge < -0.3 is 4.74 Å². The minimum absolute atomic E-state index is 0.224. The summed E-state index contributed by atoms with van der Waals surface area (Å²) in [5, 5.41) is 11.9. The Morgan fingerprint density at radius 3 is 2.49 bits per heavy atom. The van der Waals surface area contributed by atoms with Crippen molar-refractivity contribution < 1.29 is 9.53 Å². The molecule has 1 fully saturated rings. The molecule has 10 nitrogen and oxygen atoms in total. The van der Waals surface area contributed by atoms with Crippen molar-refractivity contribution in [3.05, 3.63) is 108 Å². The Labute approximate surface area is 248 Å². The van der Waals surface area contributed by atoms with Gasteiger partial charge in [0.15, 0.2) is 23.0 Å². The number of H-pyrrole nitrogens is 1. The van der Waals surface area contributed by atoms with Gasteiger partial charge in [-0.05, 0) is 49.2 Å². The summed E-state index contributed by atoms with van der Waals surface area (Å²) >= 11 is 0. The first-order valence-corrected chi connectivity index (χ1v) is 14.3. The van der Waals surface area contributed by atoms with Crippen molar-refractivity contribution in [3.8, 4) is 33.9 Å². The topological polar surface area (TPSA) is 114 Å². The predicted molar refractivity (Wildman–Crippen MR) is 162 cm³/mol. The average molecular weight is 571 g/mol. The highest BCUT2D eigenvalue weighted by atomic mass is 16.5. The second-order valence-corrected chi connectivity index (χ2v) is 10.7. The van der Waals surface area contributed by atoms with Crippen LogP contribution in [-0.4, -0.2) is 65.8 Å². The number of nitrogens with one attached hydrogen (secondary N) is 1. The minimum Gasteiger partial charge on any atom is -0.464 e. The Hall–Kier alpha value is -5.22. The van der Waals surface area contributed by atoms with Crippen LogP contribution in [0.25, 0.3) is 39.5 Å². The lowest BCUT2D eigenvalue weighted by atomic mass is 9.95. The first-order chi connectivity index (χ1) is 21.1. The van der Waals surface area contributed by atoms with E-state index in [0.717, 1.165) is 72.2 Å². The first kappa shape index (κ1) is 26.7. The zero-order chi connectivity index (χ0) is 29.2. The minimum atomic E-state index is -0.489. The van der Waals surface area contributed by atoms with Crippen molar-refractivity contribution in [1.29, 1.82) is 0 Å². The number of hydrogen-bond donors (Lipinski definition) is 1. The van der Waals surface area contributed by atoms with Crippen LogP contribution in [-0.2, 0) is 11.3 Å². The molecule has 0 spiro atoms. The zero-order valence-electron chi connectivity index (χ0n) is 23.7.